The van der Waals surface area contributed by atoms with Gasteiger partial charge < -0.3 is 0 Å². The summed E-state index contributed by atoms with van der Waals surface area (Å²) in [4.78, 5) is 4.01. The van der Waals surface area contributed by atoms with E-state index in [2.05, 4.69) is 59.5 Å². The van der Waals surface area contributed by atoms with E-state index < -0.39 is 0 Å². The van der Waals surface area contributed by atoms with Crippen LogP contribution in [-0.2, 0) is 5.41 Å². The molecule has 0 aliphatic rings. The fraction of sp³-hybridized carbons (Fsp3) is 0.333. The number of pyridine rings is 1. The molecular formula is C12H14IN3. The normalized spacial score (nSPS) is 11.8. The van der Waals surface area contributed by atoms with Crippen LogP contribution in [0.25, 0.3) is 5.69 Å². The summed E-state index contributed by atoms with van der Waals surface area (Å²) in [5, 5.41) is 4.63. The van der Waals surface area contributed by atoms with Gasteiger partial charge in [-0.15, -0.1) is 0 Å². The van der Waals surface area contributed by atoms with Crippen molar-refractivity contribution in [1.82, 2.24) is 14.8 Å². The van der Waals surface area contributed by atoms with E-state index in [0.717, 1.165) is 15.1 Å². The second-order valence-corrected chi connectivity index (χ2v) is 5.82. The molecule has 0 saturated heterocycles. The molecule has 84 valence electrons. The molecule has 2 rings (SSSR count). The molecule has 2 aromatic heterocycles. The van der Waals surface area contributed by atoms with Gasteiger partial charge in [-0.05, 0) is 40.8 Å². The minimum Gasteiger partial charge on any atom is -0.265 e. The van der Waals surface area contributed by atoms with Crippen LogP contribution in [0.4, 0.5) is 0 Å². The third-order valence-corrected chi connectivity index (χ3v) is 3.11. The first kappa shape index (κ1) is 11.6. The smallest absolute Gasteiger partial charge is 0.105 e. The van der Waals surface area contributed by atoms with Crippen LogP contribution >= 0.6 is 22.6 Å². The maximum atomic E-state index is 4.63. The Morgan fingerprint density at radius 3 is 2.31 bits per heavy atom. The molecule has 0 radical (unpaired) electrons. The predicted molar refractivity (Wildman–Crippen MR) is 72.8 cm³/mol. The second kappa shape index (κ2) is 4.16. The highest BCUT2D eigenvalue weighted by atomic mass is 127. The lowest BCUT2D eigenvalue weighted by Gasteiger charge is -2.14. The fourth-order valence-electron chi connectivity index (χ4n) is 1.39. The average Bonchev–Trinajstić information content (AvgIpc) is 2.61. The van der Waals surface area contributed by atoms with Crippen molar-refractivity contribution in [2.24, 2.45) is 0 Å². The molecule has 0 unspecified atom stereocenters. The molecule has 0 aromatic carbocycles. The highest BCUT2D eigenvalue weighted by molar-refractivity contribution is 14.1. The number of halogens is 1. The van der Waals surface area contributed by atoms with Crippen LogP contribution in [0.3, 0.4) is 0 Å². The molecule has 0 N–H and O–H groups in total. The molecule has 0 aliphatic heterocycles. The number of hydrogen-bond acceptors (Lipinski definition) is 2. The van der Waals surface area contributed by atoms with Gasteiger partial charge in [-0.25, -0.2) is 4.68 Å². The molecule has 0 spiro atoms. The number of rotatable bonds is 1. The van der Waals surface area contributed by atoms with Crippen molar-refractivity contribution in [3.05, 3.63) is 40.0 Å². The summed E-state index contributed by atoms with van der Waals surface area (Å²) in [6.45, 7) is 6.51. The molecule has 0 saturated carbocycles. The van der Waals surface area contributed by atoms with E-state index in [1.165, 1.54) is 0 Å². The molecule has 0 atom stereocenters. The van der Waals surface area contributed by atoms with Gasteiger partial charge in [0.2, 0.25) is 0 Å². The Morgan fingerprint density at radius 1 is 1.19 bits per heavy atom. The van der Waals surface area contributed by atoms with Gasteiger partial charge in [0.15, 0.2) is 0 Å². The Labute approximate surface area is 109 Å². The van der Waals surface area contributed by atoms with Crippen molar-refractivity contribution in [2.45, 2.75) is 26.2 Å². The van der Waals surface area contributed by atoms with Gasteiger partial charge in [-0.3, -0.25) is 4.98 Å². The minimum atomic E-state index is 0.0815. The summed E-state index contributed by atoms with van der Waals surface area (Å²) >= 11 is 2.30. The Bertz CT molecular complexity index is 483. The quantitative estimate of drug-likeness (QED) is 0.753. The van der Waals surface area contributed by atoms with Crippen LogP contribution in [0.5, 0.6) is 0 Å². The van der Waals surface area contributed by atoms with Crippen molar-refractivity contribution >= 4 is 22.6 Å². The van der Waals surface area contributed by atoms with Crippen LogP contribution in [0.2, 0.25) is 0 Å². The van der Waals surface area contributed by atoms with Gasteiger partial charge in [0.1, 0.15) is 3.70 Å². The third kappa shape index (κ3) is 2.26. The second-order valence-electron chi connectivity index (χ2n) is 4.72. The predicted octanol–water partition coefficient (Wildman–Crippen LogP) is 3.17. The zero-order valence-corrected chi connectivity index (χ0v) is 11.8. The topological polar surface area (TPSA) is 30.7 Å². The maximum Gasteiger partial charge on any atom is 0.105 e. The molecular weight excluding hydrogens is 313 g/mol. The molecule has 16 heavy (non-hydrogen) atoms. The van der Waals surface area contributed by atoms with E-state index in [-0.39, 0.29) is 5.41 Å². The molecule has 0 bridgehead atoms. The molecule has 2 aromatic rings. The van der Waals surface area contributed by atoms with E-state index in [4.69, 9.17) is 0 Å². The maximum absolute atomic E-state index is 4.63. The van der Waals surface area contributed by atoms with Crippen molar-refractivity contribution in [2.75, 3.05) is 0 Å². The van der Waals surface area contributed by atoms with Gasteiger partial charge in [0, 0.05) is 17.8 Å². The lowest BCUT2D eigenvalue weighted by molar-refractivity contribution is 0.560. The Morgan fingerprint density at radius 2 is 1.81 bits per heavy atom. The van der Waals surface area contributed by atoms with Gasteiger partial charge in [-0.2, -0.15) is 5.10 Å². The molecule has 3 nitrogen and oxygen atoms in total. The van der Waals surface area contributed by atoms with Crippen LogP contribution in [0, 0.1) is 3.70 Å². The van der Waals surface area contributed by atoms with Gasteiger partial charge >= 0.3 is 0 Å². The third-order valence-electron chi connectivity index (χ3n) is 2.34. The van der Waals surface area contributed by atoms with E-state index >= 15 is 0 Å². The van der Waals surface area contributed by atoms with Crippen LogP contribution in [0.1, 0.15) is 26.5 Å². The summed E-state index contributed by atoms with van der Waals surface area (Å²) in [6.07, 6.45) is 3.56. The van der Waals surface area contributed by atoms with E-state index in [9.17, 15) is 0 Å². The van der Waals surface area contributed by atoms with Crippen molar-refractivity contribution in [1.29, 1.82) is 0 Å². The summed E-state index contributed by atoms with van der Waals surface area (Å²) in [6, 6.07) is 6.05. The summed E-state index contributed by atoms with van der Waals surface area (Å²) in [5.74, 6) is 0. The Hall–Kier alpha value is -0.910. The van der Waals surface area contributed by atoms with Gasteiger partial charge in [0.25, 0.3) is 0 Å². The zero-order valence-electron chi connectivity index (χ0n) is 9.61. The Balaban J connectivity index is 2.48. The van der Waals surface area contributed by atoms with Gasteiger partial charge in [-0.1, -0.05) is 20.8 Å². The highest BCUT2D eigenvalue weighted by Crippen LogP contribution is 2.24. The van der Waals surface area contributed by atoms with E-state index in [1.54, 1.807) is 12.4 Å². The molecule has 0 amide bonds. The average molecular weight is 327 g/mol. The van der Waals surface area contributed by atoms with Crippen molar-refractivity contribution in [3.8, 4) is 5.69 Å². The Kier molecular flexibility index (Phi) is 3.01. The fourth-order valence-corrected chi connectivity index (χ4v) is 2.07. The highest BCUT2D eigenvalue weighted by Gasteiger charge is 2.19. The van der Waals surface area contributed by atoms with Crippen LogP contribution in [-0.4, -0.2) is 14.8 Å². The lowest BCUT2D eigenvalue weighted by atomic mass is 9.93. The first-order chi connectivity index (χ1) is 7.48. The van der Waals surface area contributed by atoms with E-state index in [0.29, 0.717) is 0 Å². The summed E-state index contributed by atoms with van der Waals surface area (Å²) in [7, 11) is 0. The zero-order chi connectivity index (χ0) is 11.8. The van der Waals surface area contributed by atoms with Crippen LogP contribution < -0.4 is 0 Å². The van der Waals surface area contributed by atoms with E-state index in [1.807, 2.05) is 16.8 Å². The summed E-state index contributed by atoms with van der Waals surface area (Å²) in [5.41, 5.74) is 2.24. The SMILES string of the molecule is CC(C)(C)c1cc(I)n(-c2ccncc2)n1. The monoisotopic (exact) mass is 327 g/mol. The minimum absolute atomic E-state index is 0.0815. The largest absolute Gasteiger partial charge is 0.265 e. The van der Waals surface area contributed by atoms with Crippen molar-refractivity contribution in [3.63, 3.8) is 0 Å². The molecule has 0 fully saturated rings. The van der Waals surface area contributed by atoms with Crippen molar-refractivity contribution < 1.29 is 0 Å². The standard InChI is InChI=1S/C12H14IN3/c1-12(2,3)10-8-11(13)16(15-10)9-4-6-14-7-5-9/h4-8H,1-3H3. The number of hydrogen-bond donors (Lipinski definition) is 0. The molecule has 4 heteroatoms. The number of aromatic nitrogens is 3. The molecule has 0 aliphatic carbocycles. The first-order valence-electron chi connectivity index (χ1n) is 5.15. The van der Waals surface area contributed by atoms with Gasteiger partial charge in [0.05, 0.1) is 11.4 Å². The van der Waals surface area contributed by atoms with Crippen LogP contribution in [0.15, 0.2) is 30.6 Å². The lowest BCUT2D eigenvalue weighted by Crippen LogP contribution is -2.12. The molecule has 2 heterocycles. The number of nitrogens with zero attached hydrogens (tertiary/aromatic N) is 3. The first-order valence-corrected chi connectivity index (χ1v) is 6.23. The summed E-state index contributed by atoms with van der Waals surface area (Å²) < 4.78 is 3.07.